The fraction of sp³-hybridized carbons (Fsp3) is 0.462. The number of aliphatic hydroxyl groups is 1. The van der Waals surface area contributed by atoms with Crippen LogP contribution in [0.3, 0.4) is 0 Å². The second-order valence-corrected chi connectivity index (χ2v) is 4.27. The molecule has 0 saturated heterocycles. The maximum atomic E-state index is 10.6. The van der Waals surface area contributed by atoms with E-state index >= 15 is 0 Å². The largest absolute Gasteiger partial charge is 0.494 e. The van der Waals surface area contributed by atoms with Gasteiger partial charge < -0.3 is 20.3 Å². The Morgan fingerprint density at radius 1 is 1.39 bits per heavy atom. The van der Waals surface area contributed by atoms with E-state index in [1.54, 1.807) is 0 Å². The summed E-state index contributed by atoms with van der Waals surface area (Å²) in [6.07, 6.45) is 0.741. The van der Waals surface area contributed by atoms with Crippen molar-refractivity contribution >= 4 is 5.97 Å². The number of ether oxygens (including phenoxy) is 1. The summed E-state index contributed by atoms with van der Waals surface area (Å²) in [4.78, 5) is 10.6. The zero-order valence-electron chi connectivity index (χ0n) is 10.4. The maximum Gasteiger partial charge on any atom is 0.336 e. The molecule has 1 aromatic rings. The fourth-order valence-corrected chi connectivity index (χ4v) is 1.31. The molecule has 5 heteroatoms. The van der Waals surface area contributed by atoms with Crippen LogP contribution in [0.4, 0.5) is 0 Å². The Hall–Kier alpha value is -1.59. The molecule has 0 radical (unpaired) electrons. The van der Waals surface area contributed by atoms with Crippen LogP contribution in [0.2, 0.25) is 0 Å². The Morgan fingerprint density at radius 2 is 2.06 bits per heavy atom. The third kappa shape index (κ3) is 5.16. The van der Waals surface area contributed by atoms with Gasteiger partial charge in [-0.3, -0.25) is 0 Å². The van der Waals surface area contributed by atoms with Gasteiger partial charge >= 0.3 is 5.97 Å². The zero-order valence-corrected chi connectivity index (χ0v) is 10.4. The van der Waals surface area contributed by atoms with Gasteiger partial charge in [0.15, 0.2) is 5.60 Å². The van der Waals surface area contributed by atoms with Crippen molar-refractivity contribution in [2.24, 2.45) is 0 Å². The first kappa shape index (κ1) is 14.5. The Kier molecular flexibility index (Phi) is 5.61. The smallest absolute Gasteiger partial charge is 0.336 e. The highest BCUT2D eigenvalue weighted by Crippen LogP contribution is 2.08. The molecule has 0 amide bonds. The van der Waals surface area contributed by atoms with Gasteiger partial charge in [0.1, 0.15) is 5.75 Å². The number of nitrogens with one attached hydrogen (secondary N) is 1. The number of carboxylic acids is 1. The van der Waals surface area contributed by atoms with E-state index < -0.39 is 11.6 Å². The summed E-state index contributed by atoms with van der Waals surface area (Å²) in [5, 5.41) is 21.0. The standard InChI is InChI=1S/C13H19NO4/c1-13(17,12(15)16)10-14-8-5-9-18-11-6-3-2-4-7-11/h2-4,6-7,14,17H,5,8-10H2,1H3,(H,15,16). The molecule has 0 aromatic heterocycles. The minimum atomic E-state index is -1.72. The molecule has 100 valence electrons. The Morgan fingerprint density at radius 3 is 2.67 bits per heavy atom. The van der Waals surface area contributed by atoms with Gasteiger partial charge in [-0.25, -0.2) is 4.79 Å². The maximum absolute atomic E-state index is 10.6. The number of carbonyl (C=O) groups is 1. The van der Waals surface area contributed by atoms with Gasteiger partial charge in [-0.2, -0.15) is 0 Å². The highest BCUT2D eigenvalue weighted by Gasteiger charge is 2.28. The number of aliphatic carboxylic acids is 1. The molecule has 0 spiro atoms. The van der Waals surface area contributed by atoms with E-state index in [4.69, 9.17) is 9.84 Å². The first-order valence-corrected chi connectivity index (χ1v) is 5.87. The lowest BCUT2D eigenvalue weighted by Gasteiger charge is -2.18. The third-order valence-corrected chi connectivity index (χ3v) is 2.44. The second-order valence-electron chi connectivity index (χ2n) is 4.27. The molecule has 5 nitrogen and oxygen atoms in total. The van der Waals surface area contributed by atoms with E-state index in [1.165, 1.54) is 6.92 Å². The van der Waals surface area contributed by atoms with Gasteiger partial charge in [0.25, 0.3) is 0 Å². The number of hydrogen-bond donors (Lipinski definition) is 3. The summed E-state index contributed by atoms with van der Waals surface area (Å²) in [6, 6.07) is 9.48. The first-order chi connectivity index (χ1) is 8.52. The lowest BCUT2D eigenvalue weighted by Crippen LogP contribution is -2.45. The van der Waals surface area contributed by atoms with Crippen LogP contribution < -0.4 is 10.1 Å². The normalized spacial score (nSPS) is 13.9. The van der Waals surface area contributed by atoms with Crippen molar-refractivity contribution in [2.75, 3.05) is 19.7 Å². The first-order valence-electron chi connectivity index (χ1n) is 5.87. The van der Waals surface area contributed by atoms with Crippen LogP contribution in [0.15, 0.2) is 30.3 Å². The molecule has 18 heavy (non-hydrogen) atoms. The molecule has 3 N–H and O–H groups in total. The van der Waals surface area contributed by atoms with Crippen LogP contribution in [-0.4, -0.2) is 41.5 Å². The van der Waals surface area contributed by atoms with E-state index in [0.29, 0.717) is 13.2 Å². The van der Waals surface area contributed by atoms with Gasteiger partial charge in [0.2, 0.25) is 0 Å². The molecule has 1 unspecified atom stereocenters. The lowest BCUT2D eigenvalue weighted by molar-refractivity contribution is -0.156. The van der Waals surface area contributed by atoms with Crippen molar-refractivity contribution < 1.29 is 19.7 Å². The Labute approximate surface area is 106 Å². The number of hydrogen-bond acceptors (Lipinski definition) is 4. The summed E-state index contributed by atoms with van der Waals surface area (Å²) < 4.78 is 5.47. The van der Waals surface area contributed by atoms with Crippen LogP contribution in [0.1, 0.15) is 13.3 Å². The summed E-state index contributed by atoms with van der Waals surface area (Å²) in [6.45, 7) is 2.43. The third-order valence-electron chi connectivity index (χ3n) is 2.44. The van der Waals surface area contributed by atoms with Crippen LogP contribution >= 0.6 is 0 Å². The Balaban J connectivity index is 2.08. The molecule has 0 aliphatic heterocycles. The van der Waals surface area contributed by atoms with Crippen molar-refractivity contribution in [1.29, 1.82) is 0 Å². The molecular formula is C13H19NO4. The predicted molar refractivity (Wildman–Crippen MR) is 67.7 cm³/mol. The molecule has 1 rings (SSSR count). The molecule has 0 saturated carbocycles. The average Bonchev–Trinajstić information content (AvgIpc) is 2.34. The van der Waals surface area contributed by atoms with Crippen molar-refractivity contribution in [3.63, 3.8) is 0 Å². The Bertz CT molecular complexity index is 365. The quantitative estimate of drug-likeness (QED) is 0.599. The highest BCUT2D eigenvalue weighted by atomic mass is 16.5. The average molecular weight is 253 g/mol. The summed E-state index contributed by atoms with van der Waals surface area (Å²) >= 11 is 0. The van der Waals surface area contributed by atoms with Crippen molar-refractivity contribution in [3.05, 3.63) is 30.3 Å². The number of rotatable bonds is 8. The molecule has 0 fully saturated rings. The summed E-state index contributed by atoms with van der Waals surface area (Å²) in [5.41, 5.74) is -1.72. The van der Waals surface area contributed by atoms with Gasteiger partial charge in [0, 0.05) is 6.54 Å². The molecule has 0 aliphatic rings. The van der Waals surface area contributed by atoms with E-state index in [1.807, 2.05) is 30.3 Å². The number of para-hydroxylation sites is 1. The van der Waals surface area contributed by atoms with Crippen LogP contribution in [0, 0.1) is 0 Å². The van der Waals surface area contributed by atoms with Gasteiger partial charge in [-0.05, 0) is 32.0 Å². The van der Waals surface area contributed by atoms with E-state index in [0.717, 1.165) is 12.2 Å². The molecular weight excluding hydrogens is 234 g/mol. The number of carboxylic acid groups (broad SMARTS) is 1. The topological polar surface area (TPSA) is 78.8 Å². The molecule has 0 heterocycles. The van der Waals surface area contributed by atoms with E-state index in [-0.39, 0.29) is 6.54 Å². The van der Waals surface area contributed by atoms with Crippen LogP contribution in [0.5, 0.6) is 5.75 Å². The van der Waals surface area contributed by atoms with Gasteiger partial charge in [0.05, 0.1) is 6.61 Å². The predicted octanol–water partition coefficient (Wildman–Crippen LogP) is 0.881. The van der Waals surface area contributed by atoms with E-state index in [2.05, 4.69) is 5.32 Å². The SMILES string of the molecule is CC(O)(CNCCCOc1ccccc1)C(=O)O. The summed E-state index contributed by atoms with van der Waals surface area (Å²) in [7, 11) is 0. The van der Waals surface area contributed by atoms with E-state index in [9.17, 15) is 9.90 Å². The van der Waals surface area contributed by atoms with Crippen molar-refractivity contribution in [1.82, 2.24) is 5.32 Å². The van der Waals surface area contributed by atoms with Gasteiger partial charge in [-0.1, -0.05) is 18.2 Å². The molecule has 0 bridgehead atoms. The lowest BCUT2D eigenvalue weighted by atomic mass is 10.1. The fourth-order valence-electron chi connectivity index (χ4n) is 1.31. The van der Waals surface area contributed by atoms with Crippen LogP contribution in [-0.2, 0) is 4.79 Å². The van der Waals surface area contributed by atoms with Gasteiger partial charge in [-0.15, -0.1) is 0 Å². The minimum absolute atomic E-state index is 0.0215. The molecule has 1 atom stereocenters. The molecule has 0 aliphatic carbocycles. The van der Waals surface area contributed by atoms with Crippen molar-refractivity contribution in [3.8, 4) is 5.75 Å². The zero-order chi connectivity index (χ0) is 13.4. The van der Waals surface area contributed by atoms with Crippen molar-refractivity contribution in [2.45, 2.75) is 18.9 Å². The number of benzene rings is 1. The monoisotopic (exact) mass is 253 g/mol. The minimum Gasteiger partial charge on any atom is -0.494 e. The summed E-state index contributed by atoms with van der Waals surface area (Å²) in [5.74, 6) is -0.412. The second kappa shape index (κ2) is 6.98. The van der Waals surface area contributed by atoms with Crippen LogP contribution in [0.25, 0.3) is 0 Å². The molecule has 1 aromatic carbocycles. The highest BCUT2D eigenvalue weighted by molar-refractivity contribution is 5.76.